The number of carbonyl (C=O) groups is 1. The van der Waals surface area contributed by atoms with Crippen LogP contribution in [0.4, 0.5) is 0 Å². The van der Waals surface area contributed by atoms with E-state index >= 15 is 0 Å². The zero-order valence-electron chi connectivity index (χ0n) is 8.33. The molecule has 0 radical (unpaired) electrons. The number of methoxy groups -OCH3 is 1. The van der Waals surface area contributed by atoms with Gasteiger partial charge in [0.1, 0.15) is 10.9 Å². The molecule has 2 aromatic rings. The number of pyridine rings is 1. The highest BCUT2D eigenvalue weighted by Crippen LogP contribution is 2.31. The summed E-state index contributed by atoms with van der Waals surface area (Å²) in [6.07, 6.45) is 0.594. The third-order valence-corrected chi connectivity index (χ3v) is 2.93. The average molecular weight is 256 g/mol. The Balaban J connectivity index is 2.83. The predicted octanol–water partition coefficient (Wildman–Crippen LogP) is 3.36. The maximum absolute atomic E-state index is 10.8. The van der Waals surface area contributed by atoms with Gasteiger partial charge in [0, 0.05) is 5.39 Å². The number of rotatable bonds is 2. The number of aldehydes is 1. The van der Waals surface area contributed by atoms with Crippen molar-refractivity contribution in [2.45, 2.75) is 0 Å². The lowest BCUT2D eigenvalue weighted by atomic mass is 10.1. The second kappa shape index (κ2) is 4.28. The van der Waals surface area contributed by atoms with Crippen molar-refractivity contribution in [2.24, 2.45) is 0 Å². The standard InChI is InChI=1S/C11H7Cl2NO2/c1-16-6-2-3-9-7(4-6)10(12)8(5-15)11(13)14-9/h2-5H,1H3. The molecule has 0 saturated carbocycles. The van der Waals surface area contributed by atoms with Gasteiger partial charge in [0.25, 0.3) is 0 Å². The molecule has 0 bridgehead atoms. The fourth-order valence-corrected chi connectivity index (χ4v) is 1.98. The summed E-state index contributed by atoms with van der Waals surface area (Å²) in [6.45, 7) is 0. The summed E-state index contributed by atoms with van der Waals surface area (Å²) in [5, 5.41) is 1.05. The minimum absolute atomic E-state index is 0.109. The Kier molecular flexibility index (Phi) is 2.99. The third kappa shape index (κ3) is 1.72. The van der Waals surface area contributed by atoms with Crippen molar-refractivity contribution in [1.29, 1.82) is 0 Å². The molecular formula is C11H7Cl2NO2. The maximum atomic E-state index is 10.8. The first-order valence-corrected chi connectivity index (χ1v) is 5.21. The lowest BCUT2D eigenvalue weighted by Gasteiger charge is -2.06. The first-order valence-electron chi connectivity index (χ1n) is 4.45. The van der Waals surface area contributed by atoms with Crippen molar-refractivity contribution in [2.75, 3.05) is 7.11 Å². The van der Waals surface area contributed by atoms with Crippen molar-refractivity contribution < 1.29 is 9.53 Å². The molecule has 0 saturated heterocycles. The monoisotopic (exact) mass is 255 g/mol. The second-order valence-corrected chi connectivity index (χ2v) is 3.87. The van der Waals surface area contributed by atoms with Crippen LogP contribution < -0.4 is 4.74 Å². The Labute approximate surface area is 102 Å². The van der Waals surface area contributed by atoms with E-state index in [1.807, 2.05) is 0 Å². The molecule has 1 heterocycles. The minimum atomic E-state index is 0.109. The number of halogens is 2. The Bertz CT molecular complexity index is 569. The van der Waals surface area contributed by atoms with Crippen LogP contribution in [0.5, 0.6) is 5.75 Å². The molecule has 82 valence electrons. The molecule has 0 N–H and O–H groups in total. The summed E-state index contributed by atoms with van der Waals surface area (Å²) in [5.41, 5.74) is 0.825. The molecular weight excluding hydrogens is 249 g/mol. The molecule has 0 fully saturated rings. The van der Waals surface area contributed by atoms with E-state index in [9.17, 15) is 4.79 Å². The van der Waals surface area contributed by atoms with Crippen LogP contribution in [0.25, 0.3) is 10.9 Å². The van der Waals surface area contributed by atoms with Crippen LogP contribution in [0.2, 0.25) is 10.2 Å². The smallest absolute Gasteiger partial charge is 0.154 e. The van der Waals surface area contributed by atoms with Crippen LogP contribution in [0, 0.1) is 0 Å². The van der Waals surface area contributed by atoms with Gasteiger partial charge in [0.2, 0.25) is 0 Å². The van der Waals surface area contributed by atoms with Crippen LogP contribution in [0.15, 0.2) is 18.2 Å². The molecule has 0 aliphatic carbocycles. The fraction of sp³-hybridized carbons (Fsp3) is 0.0909. The van der Waals surface area contributed by atoms with E-state index in [0.29, 0.717) is 28.0 Å². The quantitative estimate of drug-likeness (QED) is 0.610. The van der Waals surface area contributed by atoms with Gasteiger partial charge >= 0.3 is 0 Å². The molecule has 0 aliphatic heterocycles. The number of carbonyl (C=O) groups excluding carboxylic acids is 1. The van der Waals surface area contributed by atoms with E-state index in [2.05, 4.69) is 4.98 Å². The summed E-state index contributed by atoms with van der Waals surface area (Å²) in [7, 11) is 1.55. The lowest BCUT2D eigenvalue weighted by Crippen LogP contribution is -1.92. The van der Waals surface area contributed by atoms with Crippen molar-refractivity contribution in [3.63, 3.8) is 0 Å². The lowest BCUT2D eigenvalue weighted by molar-refractivity contribution is 0.112. The minimum Gasteiger partial charge on any atom is -0.497 e. The number of benzene rings is 1. The van der Waals surface area contributed by atoms with Gasteiger partial charge in [-0.25, -0.2) is 4.98 Å². The maximum Gasteiger partial charge on any atom is 0.154 e. The molecule has 2 rings (SSSR count). The van der Waals surface area contributed by atoms with Crippen LogP contribution in [0.3, 0.4) is 0 Å². The molecule has 0 amide bonds. The Morgan fingerprint density at radius 3 is 2.75 bits per heavy atom. The van der Waals surface area contributed by atoms with Gasteiger partial charge in [0.05, 0.1) is 23.2 Å². The second-order valence-electron chi connectivity index (χ2n) is 3.13. The van der Waals surface area contributed by atoms with Gasteiger partial charge in [-0.15, -0.1) is 0 Å². The number of aromatic nitrogens is 1. The average Bonchev–Trinajstić information content (AvgIpc) is 2.29. The number of nitrogens with zero attached hydrogens (tertiary/aromatic N) is 1. The highest BCUT2D eigenvalue weighted by Gasteiger charge is 2.12. The molecule has 5 heteroatoms. The molecule has 0 spiro atoms. The van der Waals surface area contributed by atoms with E-state index in [4.69, 9.17) is 27.9 Å². The number of hydrogen-bond donors (Lipinski definition) is 0. The van der Waals surface area contributed by atoms with Crippen molar-refractivity contribution >= 4 is 40.4 Å². The summed E-state index contributed by atoms with van der Waals surface area (Å²) in [4.78, 5) is 14.9. The Morgan fingerprint density at radius 1 is 1.38 bits per heavy atom. The molecule has 0 unspecified atom stereocenters. The summed E-state index contributed by atoms with van der Waals surface area (Å²) >= 11 is 11.9. The molecule has 0 atom stereocenters. The van der Waals surface area contributed by atoms with Crippen molar-refractivity contribution in [3.05, 3.63) is 33.9 Å². The first-order chi connectivity index (χ1) is 7.67. The summed E-state index contributed by atoms with van der Waals surface area (Å²) < 4.78 is 5.07. The highest BCUT2D eigenvalue weighted by atomic mass is 35.5. The first kappa shape index (κ1) is 11.2. The van der Waals surface area contributed by atoms with Gasteiger partial charge in [-0.1, -0.05) is 23.2 Å². The summed E-state index contributed by atoms with van der Waals surface area (Å²) in [6, 6.07) is 5.21. The van der Waals surface area contributed by atoms with E-state index < -0.39 is 0 Å². The van der Waals surface area contributed by atoms with Gasteiger partial charge in [-0.3, -0.25) is 4.79 Å². The van der Waals surface area contributed by atoms with E-state index in [0.717, 1.165) is 0 Å². The summed E-state index contributed by atoms with van der Waals surface area (Å²) in [5.74, 6) is 0.648. The molecule has 3 nitrogen and oxygen atoms in total. The van der Waals surface area contributed by atoms with Gasteiger partial charge in [0.15, 0.2) is 6.29 Å². The van der Waals surface area contributed by atoms with Crippen molar-refractivity contribution in [1.82, 2.24) is 4.98 Å². The van der Waals surface area contributed by atoms with E-state index in [1.54, 1.807) is 25.3 Å². The predicted molar refractivity (Wildman–Crippen MR) is 63.7 cm³/mol. The van der Waals surface area contributed by atoms with Crippen LogP contribution in [-0.4, -0.2) is 18.4 Å². The molecule has 1 aromatic heterocycles. The van der Waals surface area contributed by atoms with Gasteiger partial charge in [-0.2, -0.15) is 0 Å². The van der Waals surface area contributed by atoms with Crippen LogP contribution in [0.1, 0.15) is 10.4 Å². The van der Waals surface area contributed by atoms with Crippen LogP contribution >= 0.6 is 23.2 Å². The molecule has 1 aromatic carbocycles. The number of fused-ring (bicyclic) bond motifs is 1. The Hall–Kier alpha value is -1.32. The Morgan fingerprint density at radius 2 is 2.12 bits per heavy atom. The van der Waals surface area contributed by atoms with Gasteiger partial charge in [-0.05, 0) is 18.2 Å². The van der Waals surface area contributed by atoms with Crippen LogP contribution in [-0.2, 0) is 0 Å². The zero-order valence-corrected chi connectivity index (χ0v) is 9.84. The topological polar surface area (TPSA) is 39.2 Å². The van der Waals surface area contributed by atoms with Crippen molar-refractivity contribution in [3.8, 4) is 5.75 Å². The van der Waals surface area contributed by atoms with E-state index in [-0.39, 0.29) is 10.7 Å². The number of ether oxygens (including phenoxy) is 1. The van der Waals surface area contributed by atoms with Gasteiger partial charge < -0.3 is 4.74 Å². The fourth-order valence-electron chi connectivity index (χ4n) is 1.42. The number of hydrogen-bond acceptors (Lipinski definition) is 3. The normalized spacial score (nSPS) is 10.4. The van der Waals surface area contributed by atoms with E-state index in [1.165, 1.54) is 0 Å². The largest absolute Gasteiger partial charge is 0.497 e. The third-order valence-electron chi connectivity index (χ3n) is 2.24. The highest BCUT2D eigenvalue weighted by molar-refractivity contribution is 6.41. The molecule has 0 aliphatic rings. The molecule has 16 heavy (non-hydrogen) atoms. The zero-order chi connectivity index (χ0) is 11.7. The SMILES string of the molecule is COc1ccc2nc(Cl)c(C=O)c(Cl)c2c1.